The van der Waals surface area contributed by atoms with Crippen molar-refractivity contribution in [3.05, 3.63) is 48.0 Å². The highest BCUT2D eigenvalue weighted by Crippen LogP contribution is 2.51. The summed E-state index contributed by atoms with van der Waals surface area (Å²) < 4.78 is 10.0. The summed E-state index contributed by atoms with van der Waals surface area (Å²) in [6, 6.07) is 15.4. The van der Waals surface area contributed by atoms with Gasteiger partial charge in [-0.1, -0.05) is 42.5 Å². The van der Waals surface area contributed by atoms with Gasteiger partial charge < -0.3 is 9.47 Å². The van der Waals surface area contributed by atoms with E-state index in [9.17, 15) is 10.1 Å². The zero-order chi connectivity index (χ0) is 13.5. The van der Waals surface area contributed by atoms with Crippen molar-refractivity contribution in [2.75, 3.05) is 7.11 Å². The number of esters is 1. The lowest BCUT2D eigenvalue weighted by Gasteiger charge is -2.05. The van der Waals surface area contributed by atoms with Gasteiger partial charge in [-0.05, 0) is 16.3 Å². The van der Waals surface area contributed by atoms with Crippen LogP contribution in [0.2, 0.25) is 0 Å². The quantitative estimate of drug-likeness (QED) is 0.608. The number of ether oxygens (including phenoxy) is 2. The largest absolute Gasteiger partial charge is 0.466 e. The first-order valence-electron chi connectivity index (χ1n) is 5.88. The molecule has 0 radical (unpaired) electrons. The number of nitrogens with zero attached hydrogens (tertiary/aromatic N) is 1. The molecule has 0 amide bonds. The molecule has 4 nitrogen and oxygen atoms in total. The zero-order valence-electron chi connectivity index (χ0n) is 10.3. The fourth-order valence-electron chi connectivity index (χ4n) is 2.35. The SMILES string of the molecule is COC(=O)[C@@]1(C#N)O[C@@H]1c1cccc2ccccc12. The van der Waals surface area contributed by atoms with Gasteiger partial charge in [-0.25, -0.2) is 4.79 Å². The standard InChI is InChI=1S/C15H11NO3/c1-18-14(17)15(9-16)13(19-15)12-8-4-6-10-5-2-3-7-11(10)12/h2-8,13H,1H3/t13-,15+/m1/s1. The first-order chi connectivity index (χ1) is 9.23. The maximum atomic E-state index is 11.7. The second-order valence-corrected chi connectivity index (χ2v) is 4.41. The van der Waals surface area contributed by atoms with E-state index in [2.05, 4.69) is 4.74 Å². The molecular formula is C15H11NO3. The molecule has 3 rings (SSSR count). The van der Waals surface area contributed by atoms with E-state index in [0.717, 1.165) is 16.3 Å². The third-order valence-corrected chi connectivity index (χ3v) is 3.38. The molecule has 2 aromatic carbocycles. The van der Waals surface area contributed by atoms with E-state index >= 15 is 0 Å². The minimum absolute atomic E-state index is 0.559. The fourth-order valence-corrected chi connectivity index (χ4v) is 2.35. The van der Waals surface area contributed by atoms with Crippen molar-refractivity contribution in [3.8, 4) is 6.07 Å². The van der Waals surface area contributed by atoms with Crippen LogP contribution in [0, 0.1) is 11.3 Å². The summed E-state index contributed by atoms with van der Waals surface area (Å²) in [7, 11) is 1.25. The van der Waals surface area contributed by atoms with Crippen LogP contribution in [0.15, 0.2) is 42.5 Å². The van der Waals surface area contributed by atoms with Crippen molar-refractivity contribution in [1.29, 1.82) is 5.26 Å². The van der Waals surface area contributed by atoms with Gasteiger partial charge in [0.15, 0.2) is 0 Å². The summed E-state index contributed by atoms with van der Waals surface area (Å²) in [5.74, 6) is -0.645. The molecule has 94 valence electrons. The maximum Gasteiger partial charge on any atom is 0.356 e. The number of epoxide rings is 1. The average molecular weight is 253 g/mol. The van der Waals surface area contributed by atoms with Crippen molar-refractivity contribution in [3.63, 3.8) is 0 Å². The summed E-state index contributed by atoms with van der Waals surface area (Å²) in [4.78, 5) is 11.7. The molecule has 1 aliphatic heterocycles. The monoisotopic (exact) mass is 253 g/mol. The smallest absolute Gasteiger partial charge is 0.356 e. The Bertz CT molecular complexity index is 699. The van der Waals surface area contributed by atoms with Crippen LogP contribution in [0.25, 0.3) is 10.8 Å². The van der Waals surface area contributed by atoms with E-state index in [1.54, 1.807) is 0 Å². The van der Waals surface area contributed by atoms with Crippen molar-refractivity contribution >= 4 is 16.7 Å². The Balaban J connectivity index is 2.09. The lowest BCUT2D eigenvalue weighted by Crippen LogP contribution is -2.24. The number of carbonyl (C=O) groups is 1. The fraction of sp³-hybridized carbons (Fsp3) is 0.200. The number of methoxy groups -OCH3 is 1. The summed E-state index contributed by atoms with van der Waals surface area (Å²) in [5, 5.41) is 11.2. The van der Waals surface area contributed by atoms with Gasteiger partial charge in [0.05, 0.1) is 7.11 Å². The van der Waals surface area contributed by atoms with Gasteiger partial charge in [0.2, 0.25) is 0 Å². The Kier molecular flexibility index (Phi) is 2.51. The van der Waals surface area contributed by atoms with Crippen LogP contribution < -0.4 is 0 Å². The van der Waals surface area contributed by atoms with Crippen LogP contribution in [-0.2, 0) is 14.3 Å². The number of fused-ring (bicyclic) bond motifs is 1. The molecule has 2 atom stereocenters. The first kappa shape index (κ1) is 11.7. The molecular weight excluding hydrogens is 242 g/mol. The Morgan fingerprint density at radius 2 is 2.05 bits per heavy atom. The second kappa shape index (κ2) is 4.08. The molecule has 1 heterocycles. The molecule has 0 bridgehead atoms. The average Bonchev–Trinajstić information content (AvgIpc) is 3.21. The highest BCUT2D eigenvalue weighted by atomic mass is 16.7. The van der Waals surface area contributed by atoms with Gasteiger partial charge >= 0.3 is 5.97 Å². The van der Waals surface area contributed by atoms with Gasteiger partial charge in [0, 0.05) is 0 Å². The van der Waals surface area contributed by atoms with Crippen molar-refractivity contribution in [1.82, 2.24) is 0 Å². The normalized spacial score (nSPS) is 24.7. The second-order valence-electron chi connectivity index (χ2n) is 4.41. The molecule has 1 saturated heterocycles. The molecule has 0 unspecified atom stereocenters. The third-order valence-electron chi connectivity index (χ3n) is 3.38. The van der Waals surface area contributed by atoms with Crippen molar-refractivity contribution in [2.45, 2.75) is 11.7 Å². The zero-order valence-corrected chi connectivity index (χ0v) is 10.3. The third kappa shape index (κ3) is 1.60. The van der Waals surface area contributed by atoms with Gasteiger partial charge in [0.25, 0.3) is 5.60 Å². The van der Waals surface area contributed by atoms with E-state index in [4.69, 9.17) is 4.74 Å². The van der Waals surface area contributed by atoms with E-state index in [0.29, 0.717) is 0 Å². The van der Waals surface area contributed by atoms with E-state index in [1.807, 2.05) is 48.5 Å². The van der Waals surface area contributed by atoms with Crippen LogP contribution in [0.1, 0.15) is 11.7 Å². The van der Waals surface area contributed by atoms with Gasteiger partial charge in [-0.15, -0.1) is 0 Å². The number of rotatable bonds is 2. The lowest BCUT2D eigenvalue weighted by atomic mass is 9.96. The van der Waals surface area contributed by atoms with Crippen LogP contribution in [0.5, 0.6) is 0 Å². The highest BCUT2D eigenvalue weighted by Gasteiger charge is 2.66. The predicted octanol–water partition coefficient (Wildman–Crippen LogP) is 2.35. The summed E-state index contributed by atoms with van der Waals surface area (Å²) >= 11 is 0. The van der Waals surface area contributed by atoms with Crippen molar-refractivity contribution in [2.24, 2.45) is 0 Å². The molecule has 4 heteroatoms. The maximum absolute atomic E-state index is 11.7. The van der Waals surface area contributed by atoms with Gasteiger partial charge in [-0.2, -0.15) is 5.26 Å². The number of hydrogen-bond donors (Lipinski definition) is 0. The van der Waals surface area contributed by atoms with E-state index in [1.165, 1.54) is 7.11 Å². The Hall–Kier alpha value is -2.38. The molecule has 1 fully saturated rings. The summed E-state index contributed by atoms with van der Waals surface area (Å²) in [5.41, 5.74) is -0.649. The number of hydrogen-bond acceptors (Lipinski definition) is 4. The van der Waals surface area contributed by atoms with Crippen LogP contribution in [0.4, 0.5) is 0 Å². The van der Waals surface area contributed by atoms with Crippen LogP contribution in [0.3, 0.4) is 0 Å². The van der Waals surface area contributed by atoms with E-state index in [-0.39, 0.29) is 0 Å². The Labute approximate surface area is 110 Å². The summed E-state index contributed by atoms with van der Waals surface area (Å²) in [6.45, 7) is 0. The Morgan fingerprint density at radius 3 is 2.79 bits per heavy atom. The predicted molar refractivity (Wildman–Crippen MR) is 68.1 cm³/mol. The molecule has 1 aliphatic rings. The molecule has 0 aliphatic carbocycles. The van der Waals surface area contributed by atoms with Crippen molar-refractivity contribution < 1.29 is 14.3 Å². The molecule has 0 aromatic heterocycles. The number of carbonyl (C=O) groups excluding carboxylic acids is 1. The molecule has 2 aromatic rings. The minimum Gasteiger partial charge on any atom is -0.466 e. The molecule has 19 heavy (non-hydrogen) atoms. The lowest BCUT2D eigenvalue weighted by molar-refractivity contribution is -0.144. The van der Waals surface area contributed by atoms with Gasteiger partial charge in [0.1, 0.15) is 12.2 Å². The Morgan fingerprint density at radius 1 is 1.32 bits per heavy atom. The van der Waals surface area contributed by atoms with Crippen LogP contribution in [-0.4, -0.2) is 18.7 Å². The minimum atomic E-state index is -1.49. The van der Waals surface area contributed by atoms with E-state index < -0.39 is 17.7 Å². The number of benzene rings is 2. The molecule has 0 spiro atoms. The summed E-state index contributed by atoms with van der Waals surface area (Å²) in [6.07, 6.45) is -0.559. The van der Waals surface area contributed by atoms with Gasteiger partial charge in [-0.3, -0.25) is 0 Å². The highest BCUT2D eigenvalue weighted by molar-refractivity contribution is 5.92. The number of nitriles is 1. The molecule has 0 saturated carbocycles. The topological polar surface area (TPSA) is 62.6 Å². The van der Waals surface area contributed by atoms with Crippen LogP contribution >= 0.6 is 0 Å². The first-order valence-corrected chi connectivity index (χ1v) is 5.88. The molecule has 0 N–H and O–H groups in total.